The average molecular weight is 503 g/mol. The molecule has 0 bridgehead atoms. The van der Waals surface area contributed by atoms with Crippen LogP contribution in [0.25, 0.3) is 6.08 Å². The first kappa shape index (κ1) is 26.5. The van der Waals surface area contributed by atoms with Crippen LogP contribution in [0, 0.1) is 18.3 Å². The summed E-state index contributed by atoms with van der Waals surface area (Å²) in [5.41, 5.74) is 1.22. The summed E-state index contributed by atoms with van der Waals surface area (Å²) in [5, 5.41) is 9.79. The van der Waals surface area contributed by atoms with Gasteiger partial charge in [0.2, 0.25) is 0 Å². The van der Waals surface area contributed by atoms with Gasteiger partial charge in [0.15, 0.2) is 0 Å². The summed E-state index contributed by atoms with van der Waals surface area (Å²) in [7, 11) is 0. The Hall–Kier alpha value is -2.15. The van der Waals surface area contributed by atoms with Gasteiger partial charge in [0.1, 0.15) is 21.8 Å². The molecule has 184 valence electrons. The first-order valence-corrected chi connectivity index (χ1v) is 13.4. The van der Waals surface area contributed by atoms with Crippen LogP contribution in [0.4, 0.5) is 5.82 Å². The Kier molecular flexibility index (Phi) is 9.74. The summed E-state index contributed by atoms with van der Waals surface area (Å²) in [4.78, 5) is 30.9. The van der Waals surface area contributed by atoms with Gasteiger partial charge in [-0.3, -0.25) is 19.1 Å². The van der Waals surface area contributed by atoms with E-state index in [4.69, 9.17) is 17.0 Å². The van der Waals surface area contributed by atoms with E-state index in [0.717, 1.165) is 49.9 Å². The number of pyridine rings is 1. The van der Waals surface area contributed by atoms with Gasteiger partial charge >= 0.3 is 0 Å². The lowest BCUT2D eigenvalue weighted by molar-refractivity contribution is -0.122. The Labute approximate surface area is 211 Å². The number of thioether (sulfide) groups is 1. The number of morpholine rings is 1. The van der Waals surface area contributed by atoms with E-state index in [1.54, 1.807) is 16.4 Å². The number of carbonyl (C=O) groups is 1. The Bertz CT molecular complexity index is 1050. The zero-order chi connectivity index (χ0) is 24.7. The largest absolute Gasteiger partial charge is 0.378 e. The van der Waals surface area contributed by atoms with Crippen molar-refractivity contribution in [3.05, 3.63) is 31.9 Å². The first-order chi connectivity index (χ1) is 16.4. The van der Waals surface area contributed by atoms with Crippen LogP contribution in [0.15, 0.2) is 9.70 Å². The van der Waals surface area contributed by atoms with Crippen LogP contribution in [-0.2, 0) is 16.1 Å². The number of aromatic nitrogens is 1. The van der Waals surface area contributed by atoms with Crippen molar-refractivity contribution in [2.75, 3.05) is 37.7 Å². The zero-order valence-corrected chi connectivity index (χ0v) is 22.0. The fourth-order valence-electron chi connectivity index (χ4n) is 4.30. The van der Waals surface area contributed by atoms with Crippen molar-refractivity contribution in [2.45, 2.75) is 65.8 Å². The van der Waals surface area contributed by atoms with E-state index < -0.39 is 0 Å². The maximum atomic E-state index is 13.3. The summed E-state index contributed by atoms with van der Waals surface area (Å²) < 4.78 is 7.83. The quantitative estimate of drug-likeness (QED) is 0.266. The third-order valence-corrected chi connectivity index (χ3v) is 7.65. The molecular formula is C25H34N4O3S2. The minimum absolute atomic E-state index is 0.0939. The SMILES string of the molecule is CCCCCCN1C(=O)/C(=C/c2c(C)c(C#N)c(=O)n(CCCC)c2N2CCOCC2)SC1=S. The summed E-state index contributed by atoms with van der Waals surface area (Å²) in [6, 6.07) is 2.11. The molecule has 2 saturated heterocycles. The number of rotatable bonds is 10. The predicted octanol–water partition coefficient (Wildman–Crippen LogP) is 4.45. The smallest absolute Gasteiger partial charge is 0.270 e. The molecule has 2 fully saturated rings. The number of hydrogen-bond donors (Lipinski definition) is 0. The van der Waals surface area contributed by atoms with Crippen LogP contribution in [0.2, 0.25) is 0 Å². The third-order valence-electron chi connectivity index (χ3n) is 6.28. The standard InChI is InChI=1S/C25H34N4O3S2/c1-4-6-8-9-11-29-24(31)21(34-25(29)33)16-19-18(3)20(17-26)23(30)28(10-7-5-2)22(19)27-12-14-32-15-13-27/h16H,4-15H2,1-3H3/b21-16-. The fraction of sp³-hybridized carbons (Fsp3) is 0.600. The molecule has 3 heterocycles. The number of anilines is 1. The topological polar surface area (TPSA) is 78.6 Å². The number of amides is 1. The molecule has 2 aliphatic heterocycles. The number of thiocarbonyl (C=S) groups is 1. The number of ether oxygens (including phenoxy) is 1. The molecule has 0 spiro atoms. The summed E-state index contributed by atoms with van der Waals surface area (Å²) in [5.74, 6) is 0.676. The minimum atomic E-state index is -0.268. The van der Waals surface area contributed by atoms with Gasteiger partial charge in [-0.05, 0) is 31.4 Å². The van der Waals surface area contributed by atoms with Crippen molar-refractivity contribution in [2.24, 2.45) is 0 Å². The zero-order valence-electron chi connectivity index (χ0n) is 20.4. The maximum absolute atomic E-state index is 13.3. The Morgan fingerprint density at radius 2 is 1.79 bits per heavy atom. The molecule has 7 nitrogen and oxygen atoms in total. The van der Waals surface area contributed by atoms with Gasteiger partial charge in [-0.2, -0.15) is 5.26 Å². The fourth-order valence-corrected chi connectivity index (χ4v) is 5.59. The van der Waals surface area contributed by atoms with Crippen molar-refractivity contribution in [1.82, 2.24) is 9.47 Å². The molecular weight excluding hydrogens is 468 g/mol. The van der Waals surface area contributed by atoms with Crippen molar-refractivity contribution >= 4 is 46.1 Å². The van der Waals surface area contributed by atoms with Crippen LogP contribution in [0.5, 0.6) is 0 Å². The molecule has 9 heteroatoms. The molecule has 0 radical (unpaired) electrons. The average Bonchev–Trinajstić information content (AvgIpc) is 3.10. The number of unbranched alkanes of at least 4 members (excludes halogenated alkanes) is 4. The molecule has 34 heavy (non-hydrogen) atoms. The highest BCUT2D eigenvalue weighted by molar-refractivity contribution is 8.26. The molecule has 0 saturated carbocycles. The van der Waals surface area contributed by atoms with Crippen LogP contribution >= 0.6 is 24.0 Å². The monoisotopic (exact) mass is 502 g/mol. The van der Waals surface area contributed by atoms with Crippen molar-refractivity contribution in [3.63, 3.8) is 0 Å². The summed E-state index contributed by atoms with van der Waals surface area (Å²) in [6.07, 6.45) is 7.86. The molecule has 0 unspecified atom stereocenters. The number of hydrogen-bond acceptors (Lipinski definition) is 7. The predicted molar refractivity (Wildman–Crippen MR) is 142 cm³/mol. The third kappa shape index (κ3) is 5.73. The molecule has 0 aliphatic carbocycles. The second kappa shape index (κ2) is 12.5. The lowest BCUT2D eigenvalue weighted by atomic mass is 10.0. The lowest BCUT2D eigenvalue weighted by Gasteiger charge is -2.33. The van der Waals surface area contributed by atoms with E-state index in [1.807, 2.05) is 6.08 Å². The summed E-state index contributed by atoms with van der Waals surface area (Å²) in [6.45, 7) is 9.61. The van der Waals surface area contributed by atoms with Gasteiger partial charge in [-0.15, -0.1) is 0 Å². The van der Waals surface area contributed by atoms with Gasteiger partial charge in [-0.25, -0.2) is 0 Å². The van der Waals surface area contributed by atoms with Gasteiger partial charge in [-0.1, -0.05) is 63.5 Å². The second-order valence-electron chi connectivity index (χ2n) is 8.65. The minimum Gasteiger partial charge on any atom is -0.378 e. The molecule has 0 atom stereocenters. The highest BCUT2D eigenvalue weighted by Gasteiger charge is 2.33. The van der Waals surface area contributed by atoms with Gasteiger partial charge in [0.25, 0.3) is 11.5 Å². The summed E-state index contributed by atoms with van der Waals surface area (Å²) >= 11 is 6.83. The molecule has 3 rings (SSSR count). The second-order valence-corrected chi connectivity index (χ2v) is 10.3. The normalized spacial score (nSPS) is 17.6. The van der Waals surface area contributed by atoms with Crippen LogP contribution in [0.1, 0.15) is 69.1 Å². The van der Waals surface area contributed by atoms with E-state index in [1.165, 1.54) is 11.8 Å². The Morgan fingerprint density at radius 3 is 2.44 bits per heavy atom. The van der Waals surface area contributed by atoms with E-state index >= 15 is 0 Å². The van der Waals surface area contributed by atoms with Crippen LogP contribution in [0.3, 0.4) is 0 Å². The highest BCUT2D eigenvalue weighted by atomic mass is 32.2. The van der Waals surface area contributed by atoms with E-state index in [-0.39, 0.29) is 17.0 Å². The molecule has 1 aromatic heterocycles. The number of nitrogens with zero attached hydrogens (tertiary/aromatic N) is 4. The van der Waals surface area contributed by atoms with Crippen molar-refractivity contribution < 1.29 is 9.53 Å². The Balaban J connectivity index is 2.08. The van der Waals surface area contributed by atoms with Crippen LogP contribution < -0.4 is 10.5 Å². The molecule has 0 N–H and O–H groups in total. The number of nitriles is 1. The lowest BCUT2D eigenvalue weighted by Crippen LogP contribution is -2.41. The van der Waals surface area contributed by atoms with Gasteiger partial charge < -0.3 is 9.64 Å². The van der Waals surface area contributed by atoms with Gasteiger partial charge in [0, 0.05) is 31.7 Å². The van der Waals surface area contributed by atoms with E-state index in [2.05, 4.69) is 24.8 Å². The molecule has 1 aromatic rings. The van der Waals surface area contributed by atoms with Crippen molar-refractivity contribution in [1.29, 1.82) is 5.26 Å². The number of carbonyl (C=O) groups excluding carboxylic acids is 1. The highest BCUT2D eigenvalue weighted by Crippen LogP contribution is 2.36. The van der Waals surface area contributed by atoms with Crippen LogP contribution in [-0.4, -0.2) is 52.5 Å². The van der Waals surface area contributed by atoms with Gasteiger partial charge in [0.05, 0.1) is 18.1 Å². The van der Waals surface area contributed by atoms with E-state index in [0.29, 0.717) is 54.2 Å². The van der Waals surface area contributed by atoms with E-state index in [9.17, 15) is 14.9 Å². The maximum Gasteiger partial charge on any atom is 0.270 e. The van der Waals surface area contributed by atoms with Crippen molar-refractivity contribution in [3.8, 4) is 6.07 Å². The first-order valence-electron chi connectivity index (χ1n) is 12.2. The molecule has 2 aliphatic rings. The Morgan fingerprint density at radius 1 is 1.09 bits per heavy atom. The molecule has 1 amide bonds. The molecule has 0 aromatic carbocycles.